The summed E-state index contributed by atoms with van der Waals surface area (Å²) in [4.78, 5) is 18.2. The van der Waals surface area contributed by atoms with Crippen LogP contribution in [-0.2, 0) is 16.1 Å². The predicted octanol–water partition coefficient (Wildman–Crippen LogP) is 0.452. The predicted molar refractivity (Wildman–Crippen MR) is 82.4 cm³/mol. The molecule has 0 radical (unpaired) electrons. The van der Waals surface area contributed by atoms with E-state index < -0.39 is 0 Å². The van der Waals surface area contributed by atoms with Crippen LogP contribution in [0.4, 0.5) is 5.82 Å². The van der Waals surface area contributed by atoms with Crippen molar-refractivity contribution in [2.24, 2.45) is 0 Å². The number of hydrogen-bond acceptors (Lipinski definition) is 5. The molecule has 0 saturated carbocycles. The molecule has 0 bridgehead atoms. The van der Waals surface area contributed by atoms with Crippen LogP contribution in [0.5, 0.6) is 0 Å². The second kappa shape index (κ2) is 7.95. The fraction of sp³-hybridized carbons (Fsp3) is 0.600. The number of carbonyl (C=O) groups is 1. The fourth-order valence-corrected chi connectivity index (χ4v) is 2.44. The van der Waals surface area contributed by atoms with Gasteiger partial charge in [-0.25, -0.2) is 4.98 Å². The molecule has 1 saturated heterocycles. The lowest BCUT2D eigenvalue weighted by molar-refractivity contribution is -0.120. The number of nitrogens with one attached hydrogen (secondary N) is 2. The molecule has 21 heavy (non-hydrogen) atoms. The molecule has 0 aliphatic carbocycles. The van der Waals surface area contributed by atoms with Gasteiger partial charge in [-0.1, -0.05) is 0 Å². The summed E-state index contributed by atoms with van der Waals surface area (Å²) in [6, 6.07) is 2.16. The first-order valence-corrected chi connectivity index (χ1v) is 7.37. The first-order chi connectivity index (χ1) is 10.2. The molecule has 2 heterocycles. The number of pyridine rings is 1. The molecule has 0 aromatic carbocycles. The number of nitrogens with zero attached hydrogens (tertiary/aromatic N) is 2. The van der Waals surface area contributed by atoms with Crippen LogP contribution >= 0.6 is 0 Å². The lowest BCUT2D eigenvalue weighted by atomic mass is 10.2. The molecule has 1 aromatic heterocycles. The second-order valence-corrected chi connectivity index (χ2v) is 5.24. The van der Waals surface area contributed by atoms with Crippen LogP contribution in [0.3, 0.4) is 0 Å². The molecule has 0 unspecified atom stereocenters. The van der Waals surface area contributed by atoms with Gasteiger partial charge in [0.05, 0.1) is 6.61 Å². The fourth-order valence-electron chi connectivity index (χ4n) is 2.44. The zero-order valence-corrected chi connectivity index (χ0v) is 12.8. The third-order valence-electron chi connectivity index (χ3n) is 3.53. The van der Waals surface area contributed by atoms with Gasteiger partial charge < -0.3 is 20.3 Å². The molecule has 0 atom stereocenters. The van der Waals surface area contributed by atoms with E-state index in [1.165, 1.54) is 0 Å². The summed E-state index contributed by atoms with van der Waals surface area (Å²) < 4.78 is 5.00. The van der Waals surface area contributed by atoms with Crippen molar-refractivity contribution in [1.82, 2.24) is 15.6 Å². The van der Waals surface area contributed by atoms with Crippen LogP contribution in [0.1, 0.15) is 17.5 Å². The number of methoxy groups -OCH3 is 1. The van der Waals surface area contributed by atoms with Gasteiger partial charge in [0.25, 0.3) is 0 Å². The van der Waals surface area contributed by atoms with E-state index in [-0.39, 0.29) is 5.91 Å². The number of ether oxygens (including phenoxy) is 1. The van der Waals surface area contributed by atoms with Crippen LogP contribution in [0, 0.1) is 6.92 Å². The highest BCUT2D eigenvalue weighted by Crippen LogP contribution is 2.18. The Hall–Kier alpha value is -1.66. The number of carbonyl (C=O) groups excluding carboxylic acids is 1. The summed E-state index contributed by atoms with van der Waals surface area (Å²) in [6.07, 6.45) is 2.43. The van der Waals surface area contributed by atoms with Crippen LogP contribution in [0.15, 0.2) is 12.3 Å². The molecule has 1 aromatic rings. The highest BCUT2D eigenvalue weighted by atomic mass is 16.5. The summed E-state index contributed by atoms with van der Waals surface area (Å²) in [7, 11) is 1.70. The zero-order valence-electron chi connectivity index (χ0n) is 12.8. The van der Waals surface area contributed by atoms with Crippen LogP contribution in [0.2, 0.25) is 0 Å². The van der Waals surface area contributed by atoms with E-state index in [1.54, 1.807) is 7.11 Å². The van der Waals surface area contributed by atoms with Gasteiger partial charge in [0.15, 0.2) is 0 Å². The van der Waals surface area contributed by atoms with Gasteiger partial charge in [-0.3, -0.25) is 4.79 Å². The molecule has 6 heteroatoms. The summed E-state index contributed by atoms with van der Waals surface area (Å²) in [5, 5.41) is 6.20. The number of rotatable bonds is 6. The van der Waals surface area contributed by atoms with Crippen LogP contribution in [0.25, 0.3) is 0 Å². The van der Waals surface area contributed by atoms with Gasteiger partial charge in [-0.2, -0.15) is 0 Å². The summed E-state index contributed by atoms with van der Waals surface area (Å²) >= 11 is 0. The Bertz CT molecular complexity index is 479. The van der Waals surface area contributed by atoms with Gasteiger partial charge in [0, 0.05) is 52.5 Å². The Labute approximate surface area is 125 Å². The Morgan fingerprint density at radius 2 is 2.33 bits per heavy atom. The average molecular weight is 292 g/mol. The Balaban J connectivity index is 1.96. The largest absolute Gasteiger partial charge is 0.383 e. The number of aromatic nitrogens is 1. The SMILES string of the molecule is COCCNCc1cnc(N2CCNC(=O)CC2)c(C)c1. The lowest BCUT2D eigenvalue weighted by Gasteiger charge is -2.22. The highest BCUT2D eigenvalue weighted by Gasteiger charge is 2.16. The van der Waals surface area contributed by atoms with Gasteiger partial charge in [0.1, 0.15) is 5.82 Å². The molecular formula is C15H24N4O2. The maximum absolute atomic E-state index is 11.4. The van der Waals surface area contributed by atoms with E-state index in [0.29, 0.717) is 19.6 Å². The van der Waals surface area contributed by atoms with E-state index in [1.807, 2.05) is 6.20 Å². The Kier molecular flexibility index (Phi) is 5.95. The minimum absolute atomic E-state index is 0.120. The number of aryl methyl sites for hydroxylation is 1. The maximum atomic E-state index is 11.4. The van der Waals surface area contributed by atoms with E-state index in [0.717, 1.165) is 43.1 Å². The Morgan fingerprint density at radius 3 is 3.10 bits per heavy atom. The molecule has 1 aliphatic rings. The van der Waals surface area contributed by atoms with Crippen molar-refractivity contribution in [3.8, 4) is 0 Å². The van der Waals surface area contributed by atoms with Crippen molar-refractivity contribution < 1.29 is 9.53 Å². The first-order valence-electron chi connectivity index (χ1n) is 7.37. The van der Waals surface area contributed by atoms with Crippen LogP contribution < -0.4 is 15.5 Å². The zero-order chi connectivity index (χ0) is 15.1. The van der Waals surface area contributed by atoms with Crippen molar-refractivity contribution >= 4 is 11.7 Å². The van der Waals surface area contributed by atoms with Gasteiger partial charge in [-0.05, 0) is 24.1 Å². The van der Waals surface area contributed by atoms with Gasteiger partial charge >= 0.3 is 0 Å². The standard InChI is InChI=1S/C15H24N4O2/c1-12-9-13(10-16-5-8-21-2)11-18-15(12)19-6-3-14(20)17-4-7-19/h9,11,16H,3-8,10H2,1-2H3,(H,17,20). The van der Waals surface area contributed by atoms with E-state index >= 15 is 0 Å². The number of hydrogen-bond donors (Lipinski definition) is 2. The lowest BCUT2D eigenvalue weighted by Crippen LogP contribution is -2.29. The summed E-state index contributed by atoms with van der Waals surface area (Å²) in [6.45, 7) is 6.62. The third kappa shape index (κ3) is 4.68. The molecule has 0 spiro atoms. The monoisotopic (exact) mass is 292 g/mol. The molecule has 2 N–H and O–H groups in total. The normalized spacial score (nSPS) is 15.7. The quantitative estimate of drug-likeness (QED) is 0.745. The summed E-state index contributed by atoms with van der Waals surface area (Å²) in [5.41, 5.74) is 2.31. The molecular weight excluding hydrogens is 268 g/mol. The Morgan fingerprint density at radius 1 is 1.48 bits per heavy atom. The third-order valence-corrected chi connectivity index (χ3v) is 3.53. The van der Waals surface area contributed by atoms with Crippen LogP contribution in [-0.4, -0.2) is 50.8 Å². The molecule has 2 rings (SSSR count). The van der Waals surface area contributed by atoms with Crippen molar-refractivity contribution in [2.75, 3.05) is 44.8 Å². The molecule has 116 valence electrons. The van der Waals surface area contributed by atoms with Crippen molar-refractivity contribution in [3.05, 3.63) is 23.4 Å². The molecule has 1 fully saturated rings. The minimum atomic E-state index is 0.120. The number of amides is 1. The molecule has 1 amide bonds. The minimum Gasteiger partial charge on any atom is -0.383 e. The topological polar surface area (TPSA) is 66.5 Å². The van der Waals surface area contributed by atoms with Gasteiger partial charge in [0.2, 0.25) is 5.91 Å². The van der Waals surface area contributed by atoms with E-state index in [4.69, 9.17) is 4.74 Å². The smallest absolute Gasteiger partial charge is 0.221 e. The van der Waals surface area contributed by atoms with E-state index in [9.17, 15) is 4.79 Å². The summed E-state index contributed by atoms with van der Waals surface area (Å²) in [5.74, 6) is 1.10. The maximum Gasteiger partial charge on any atom is 0.221 e. The van der Waals surface area contributed by atoms with Crippen molar-refractivity contribution in [1.29, 1.82) is 0 Å². The number of anilines is 1. The van der Waals surface area contributed by atoms with Crippen molar-refractivity contribution in [2.45, 2.75) is 19.9 Å². The van der Waals surface area contributed by atoms with E-state index in [2.05, 4.69) is 33.5 Å². The van der Waals surface area contributed by atoms with Gasteiger partial charge in [-0.15, -0.1) is 0 Å². The highest BCUT2D eigenvalue weighted by molar-refractivity contribution is 5.77. The second-order valence-electron chi connectivity index (χ2n) is 5.24. The average Bonchev–Trinajstić information content (AvgIpc) is 2.69. The van der Waals surface area contributed by atoms with Crippen molar-refractivity contribution in [3.63, 3.8) is 0 Å². The first kappa shape index (κ1) is 15.7. The molecule has 1 aliphatic heterocycles. The molecule has 6 nitrogen and oxygen atoms in total.